The second-order valence-corrected chi connectivity index (χ2v) is 8.58. The van der Waals surface area contributed by atoms with E-state index >= 15 is 0 Å². The Labute approximate surface area is 175 Å². The van der Waals surface area contributed by atoms with Crippen molar-refractivity contribution >= 4 is 39.5 Å². The highest BCUT2D eigenvalue weighted by Gasteiger charge is 2.20. The predicted molar refractivity (Wildman–Crippen MR) is 120 cm³/mol. The summed E-state index contributed by atoms with van der Waals surface area (Å²) in [5.74, 6) is 0.878. The van der Waals surface area contributed by atoms with E-state index in [9.17, 15) is 4.79 Å². The molecule has 0 unspecified atom stereocenters. The summed E-state index contributed by atoms with van der Waals surface area (Å²) in [5, 5.41) is 15.3. The van der Waals surface area contributed by atoms with Gasteiger partial charge < -0.3 is 20.9 Å². The molecule has 0 aromatic carbocycles. The van der Waals surface area contributed by atoms with Gasteiger partial charge in [0.2, 0.25) is 0 Å². The maximum absolute atomic E-state index is 11.9. The van der Waals surface area contributed by atoms with Crippen LogP contribution < -0.4 is 20.9 Å². The monoisotopic (exact) mass is 419 g/mol. The van der Waals surface area contributed by atoms with E-state index in [4.69, 9.17) is 0 Å². The first kappa shape index (κ1) is 20.7. The second kappa shape index (κ2) is 11.1. The maximum Gasteiger partial charge on any atom is 0.261 e. The molecule has 0 bridgehead atoms. The first-order valence-corrected chi connectivity index (χ1v) is 11.7. The number of carbonyl (C=O) groups excluding carboxylic acids is 1. The third kappa shape index (κ3) is 6.24. The van der Waals surface area contributed by atoms with Crippen LogP contribution in [0.1, 0.15) is 35.9 Å². The van der Waals surface area contributed by atoms with Crippen molar-refractivity contribution in [2.24, 2.45) is 4.99 Å². The Bertz CT molecular complexity index is 722. The quantitative estimate of drug-likeness (QED) is 0.349. The summed E-state index contributed by atoms with van der Waals surface area (Å²) in [5.41, 5.74) is 0. The number of nitrogens with zero attached hydrogens (tertiary/aromatic N) is 2. The molecule has 0 aliphatic carbocycles. The minimum Gasteiger partial charge on any atom is -0.363 e. The zero-order chi connectivity index (χ0) is 19.6. The van der Waals surface area contributed by atoms with E-state index in [2.05, 4.69) is 50.3 Å². The van der Waals surface area contributed by atoms with Crippen LogP contribution in [0, 0.1) is 0 Å². The van der Waals surface area contributed by atoms with Crippen LogP contribution in [0.15, 0.2) is 40.0 Å². The number of thiophene rings is 2. The van der Waals surface area contributed by atoms with Crippen molar-refractivity contribution in [3.63, 3.8) is 0 Å². The van der Waals surface area contributed by atoms with E-state index in [0.717, 1.165) is 49.7 Å². The van der Waals surface area contributed by atoms with Crippen molar-refractivity contribution in [3.8, 4) is 0 Å². The van der Waals surface area contributed by atoms with E-state index in [0.29, 0.717) is 19.1 Å². The van der Waals surface area contributed by atoms with Crippen molar-refractivity contribution in [1.29, 1.82) is 0 Å². The number of rotatable bonds is 8. The highest BCUT2D eigenvalue weighted by atomic mass is 32.1. The summed E-state index contributed by atoms with van der Waals surface area (Å²) in [6.45, 7) is 6.40. The van der Waals surface area contributed by atoms with Gasteiger partial charge in [-0.15, -0.1) is 22.7 Å². The van der Waals surface area contributed by atoms with Crippen molar-refractivity contribution in [2.75, 3.05) is 37.6 Å². The standard InChI is InChI=1S/C20H29N5OS2/c1-2-21-20(23-11-5-10-22-19(26)17-6-3-14-27-17)24-16-8-12-25(13-9-16)18-7-4-15-28-18/h3-4,6-7,14-16H,2,5,8-13H2,1H3,(H,22,26)(H2,21,23,24). The molecule has 152 valence electrons. The van der Waals surface area contributed by atoms with Crippen LogP contribution in [0.3, 0.4) is 0 Å². The van der Waals surface area contributed by atoms with Crippen LogP contribution in [0.2, 0.25) is 0 Å². The molecule has 3 N–H and O–H groups in total. The summed E-state index contributed by atoms with van der Waals surface area (Å²) < 4.78 is 0. The number of carbonyl (C=O) groups is 1. The van der Waals surface area contributed by atoms with Gasteiger partial charge in [-0.25, -0.2) is 0 Å². The predicted octanol–water partition coefficient (Wildman–Crippen LogP) is 3.15. The van der Waals surface area contributed by atoms with Gasteiger partial charge >= 0.3 is 0 Å². The van der Waals surface area contributed by atoms with Gasteiger partial charge in [-0.2, -0.15) is 0 Å². The Morgan fingerprint density at radius 1 is 1.18 bits per heavy atom. The highest BCUT2D eigenvalue weighted by Crippen LogP contribution is 2.24. The molecule has 0 radical (unpaired) electrons. The SMILES string of the molecule is CCNC(=NCCCNC(=O)c1cccs1)NC1CCN(c2cccs2)CC1. The van der Waals surface area contributed by atoms with Crippen LogP contribution in [0.5, 0.6) is 0 Å². The second-order valence-electron chi connectivity index (χ2n) is 6.70. The average molecular weight is 420 g/mol. The Morgan fingerprint density at radius 2 is 1.96 bits per heavy atom. The fourth-order valence-corrected chi connectivity index (χ4v) is 4.60. The molecule has 6 nitrogen and oxygen atoms in total. The zero-order valence-corrected chi connectivity index (χ0v) is 18.0. The van der Waals surface area contributed by atoms with Gasteiger partial charge in [0.25, 0.3) is 5.91 Å². The lowest BCUT2D eigenvalue weighted by Crippen LogP contribution is -2.48. The number of guanidine groups is 1. The number of hydrogen-bond acceptors (Lipinski definition) is 5. The van der Waals surface area contributed by atoms with Gasteiger partial charge in [-0.1, -0.05) is 6.07 Å². The normalized spacial score (nSPS) is 15.5. The number of nitrogens with one attached hydrogen (secondary N) is 3. The molecular formula is C20H29N5OS2. The number of anilines is 1. The third-order valence-electron chi connectivity index (χ3n) is 4.63. The topological polar surface area (TPSA) is 68.8 Å². The molecule has 0 spiro atoms. The molecule has 2 aromatic rings. The summed E-state index contributed by atoms with van der Waals surface area (Å²) in [6.07, 6.45) is 3.04. The smallest absolute Gasteiger partial charge is 0.261 e. The van der Waals surface area contributed by atoms with Crippen LogP contribution in [-0.4, -0.2) is 50.6 Å². The third-order valence-corrected chi connectivity index (χ3v) is 6.43. The first-order valence-electron chi connectivity index (χ1n) is 9.91. The van der Waals surface area contributed by atoms with E-state index in [-0.39, 0.29) is 5.91 Å². The molecule has 1 fully saturated rings. The van der Waals surface area contributed by atoms with Crippen LogP contribution in [-0.2, 0) is 0 Å². The van der Waals surface area contributed by atoms with E-state index < -0.39 is 0 Å². The lowest BCUT2D eigenvalue weighted by atomic mass is 10.1. The van der Waals surface area contributed by atoms with Gasteiger partial charge in [0.15, 0.2) is 5.96 Å². The van der Waals surface area contributed by atoms with E-state index in [1.807, 2.05) is 28.8 Å². The Balaban J connectivity index is 1.37. The summed E-state index contributed by atoms with van der Waals surface area (Å²) in [4.78, 5) is 19.8. The average Bonchev–Trinajstić information content (AvgIpc) is 3.42. The largest absolute Gasteiger partial charge is 0.363 e. The Hall–Kier alpha value is -2.06. The molecular weight excluding hydrogens is 390 g/mol. The lowest BCUT2D eigenvalue weighted by molar-refractivity contribution is 0.0957. The molecule has 2 aromatic heterocycles. The molecule has 1 saturated heterocycles. The summed E-state index contributed by atoms with van der Waals surface area (Å²) in [7, 11) is 0. The number of aliphatic imine (C=N–C) groups is 1. The Kier molecular flexibility index (Phi) is 8.17. The summed E-state index contributed by atoms with van der Waals surface area (Å²) >= 11 is 3.27. The van der Waals surface area contributed by atoms with Crippen molar-refractivity contribution in [2.45, 2.75) is 32.2 Å². The van der Waals surface area contributed by atoms with E-state index in [1.54, 1.807) is 0 Å². The van der Waals surface area contributed by atoms with Gasteiger partial charge in [-0.3, -0.25) is 9.79 Å². The van der Waals surface area contributed by atoms with Crippen molar-refractivity contribution in [3.05, 3.63) is 39.9 Å². The van der Waals surface area contributed by atoms with Crippen molar-refractivity contribution in [1.82, 2.24) is 16.0 Å². The Morgan fingerprint density at radius 3 is 2.64 bits per heavy atom. The molecule has 28 heavy (non-hydrogen) atoms. The first-order chi connectivity index (χ1) is 13.8. The lowest BCUT2D eigenvalue weighted by Gasteiger charge is -2.33. The molecule has 1 amide bonds. The maximum atomic E-state index is 11.9. The number of amides is 1. The minimum atomic E-state index is 0.00140. The van der Waals surface area contributed by atoms with Gasteiger partial charge in [-0.05, 0) is 55.1 Å². The van der Waals surface area contributed by atoms with Gasteiger partial charge in [0, 0.05) is 38.8 Å². The van der Waals surface area contributed by atoms with Crippen LogP contribution in [0.25, 0.3) is 0 Å². The molecule has 3 heterocycles. The number of hydrogen-bond donors (Lipinski definition) is 3. The van der Waals surface area contributed by atoms with Gasteiger partial charge in [0.05, 0.1) is 9.88 Å². The molecule has 1 aliphatic heterocycles. The molecule has 3 rings (SSSR count). The van der Waals surface area contributed by atoms with Crippen LogP contribution >= 0.6 is 22.7 Å². The minimum absolute atomic E-state index is 0.00140. The summed E-state index contributed by atoms with van der Waals surface area (Å²) in [6, 6.07) is 8.50. The van der Waals surface area contributed by atoms with Gasteiger partial charge in [0.1, 0.15) is 0 Å². The molecule has 0 saturated carbocycles. The zero-order valence-electron chi connectivity index (χ0n) is 16.3. The fraction of sp³-hybridized carbons (Fsp3) is 0.500. The molecule has 0 atom stereocenters. The number of piperidine rings is 1. The van der Waals surface area contributed by atoms with Crippen molar-refractivity contribution < 1.29 is 4.79 Å². The van der Waals surface area contributed by atoms with Crippen LogP contribution in [0.4, 0.5) is 5.00 Å². The van der Waals surface area contributed by atoms with E-state index in [1.165, 1.54) is 16.3 Å². The fourth-order valence-electron chi connectivity index (χ4n) is 3.17. The molecule has 8 heteroatoms. The highest BCUT2D eigenvalue weighted by molar-refractivity contribution is 7.14. The molecule has 1 aliphatic rings.